The third-order valence-corrected chi connectivity index (χ3v) is 6.25. The molecular weight excluding hydrogens is 490 g/mol. The molecule has 3 aromatic rings. The van der Waals surface area contributed by atoms with Crippen LogP contribution in [0.2, 0.25) is 5.02 Å². The maximum absolute atomic E-state index is 12.1. The minimum absolute atomic E-state index is 0.246. The number of halogens is 3. The van der Waals surface area contributed by atoms with Gasteiger partial charge in [-0.05, 0) is 35.9 Å². The second-order valence-corrected chi connectivity index (χ2v) is 8.53. The molecule has 7 heteroatoms. The van der Waals surface area contributed by atoms with Crippen LogP contribution in [0.25, 0.3) is 16.2 Å². The Bertz CT molecular complexity index is 1070. The molecule has 0 aliphatic carbocycles. The van der Waals surface area contributed by atoms with Crippen molar-refractivity contribution < 1.29 is 9.53 Å². The molecule has 0 radical (unpaired) electrons. The summed E-state index contributed by atoms with van der Waals surface area (Å²) >= 11 is 14.7. The molecule has 3 nitrogen and oxygen atoms in total. The average molecular weight is 498 g/mol. The molecule has 0 bridgehead atoms. The number of ether oxygens (including phenoxy) is 1. The van der Waals surface area contributed by atoms with Gasteiger partial charge in [-0.1, -0.05) is 61.7 Å². The van der Waals surface area contributed by atoms with Gasteiger partial charge in [0.25, 0.3) is 0 Å². The van der Waals surface area contributed by atoms with Crippen LogP contribution in [0.1, 0.15) is 10.4 Å². The SMILES string of the molecule is O=C1OC(c2sc3cc(Br)ccc3c2Cl)=N/C1=C/c1ccc(Br)cc1. The minimum Gasteiger partial charge on any atom is -0.401 e. The number of aliphatic imine (C=N–C) groups is 1. The summed E-state index contributed by atoms with van der Waals surface area (Å²) in [6, 6.07) is 13.4. The first-order valence-electron chi connectivity index (χ1n) is 7.17. The first-order valence-corrected chi connectivity index (χ1v) is 9.95. The summed E-state index contributed by atoms with van der Waals surface area (Å²) in [5.74, 6) is -0.233. The monoisotopic (exact) mass is 495 g/mol. The molecule has 1 aliphatic heterocycles. The summed E-state index contributed by atoms with van der Waals surface area (Å²) < 4.78 is 8.28. The molecule has 0 unspecified atom stereocenters. The van der Waals surface area contributed by atoms with E-state index in [0.717, 1.165) is 24.6 Å². The van der Waals surface area contributed by atoms with E-state index in [1.54, 1.807) is 6.08 Å². The molecule has 1 aromatic heterocycles. The van der Waals surface area contributed by atoms with Gasteiger partial charge in [-0.25, -0.2) is 9.79 Å². The van der Waals surface area contributed by atoms with E-state index in [0.29, 0.717) is 9.90 Å². The summed E-state index contributed by atoms with van der Waals surface area (Å²) in [6.07, 6.45) is 1.69. The molecule has 0 spiro atoms. The summed E-state index contributed by atoms with van der Waals surface area (Å²) in [7, 11) is 0. The fourth-order valence-electron chi connectivity index (χ4n) is 2.40. The van der Waals surface area contributed by atoms with Crippen LogP contribution in [0, 0.1) is 0 Å². The predicted octanol–water partition coefficient (Wildman–Crippen LogP) is 6.42. The Hall–Kier alpha value is -1.47. The number of esters is 1. The smallest absolute Gasteiger partial charge is 0.363 e. The number of fused-ring (bicyclic) bond motifs is 1. The lowest BCUT2D eigenvalue weighted by Crippen LogP contribution is -2.04. The quantitative estimate of drug-likeness (QED) is 0.303. The zero-order valence-electron chi connectivity index (χ0n) is 12.4. The maximum Gasteiger partial charge on any atom is 0.363 e. The number of rotatable bonds is 2. The van der Waals surface area contributed by atoms with Gasteiger partial charge >= 0.3 is 5.97 Å². The van der Waals surface area contributed by atoms with E-state index < -0.39 is 5.97 Å². The standard InChI is InChI=1S/C18H8Br2ClNO2S/c19-10-3-1-9(2-4-10)7-13-18(23)24-17(22-13)16-15(21)12-6-5-11(20)8-14(12)25-16/h1-8H/b13-7+. The van der Waals surface area contributed by atoms with E-state index >= 15 is 0 Å². The molecule has 4 rings (SSSR count). The molecule has 0 N–H and O–H groups in total. The van der Waals surface area contributed by atoms with Crippen molar-refractivity contribution >= 4 is 82.8 Å². The number of thiophene rings is 1. The van der Waals surface area contributed by atoms with Gasteiger partial charge in [-0.2, -0.15) is 0 Å². The lowest BCUT2D eigenvalue weighted by molar-refractivity contribution is -0.129. The van der Waals surface area contributed by atoms with Crippen LogP contribution in [-0.2, 0) is 9.53 Å². The highest BCUT2D eigenvalue weighted by Gasteiger charge is 2.28. The van der Waals surface area contributed by atoms with Crippen LogP contribution < -0.4 is 0 Å². The van der Waals surface area contributed by atoms with Gasteiger partial charge in [0, 0.05) is 19.0 Å². The van der Waals surface area contributed by atoms with Crippen molar-refractivity contribution in [2.75, 3.05) is 0 Å². The zero-order valence-corrected chi connectivity index (χ0v) is 17.2. The van der Waals surface area contributed by atoms with Crippen LogP contribution >= 0.6 is 54.8 Å². The van der Waals surface area contributed by atoms with Gasteiger partial charge < -0.3 is 4.74 Å². The average Bonchev–Trinajstić information content (AvgIpc) is 3.10. The van der Waals surface area contributed by atoms with E-state index in [4.69, 9.17) is 16.3 Å². The van der Waals surface area contributed by atoms with Gasteiger partial charge in [0.2, 0.25) is 5.90 Å². The topological polar surface area (TPSA) is 38.7 Å². The summed E-state index contributed by atoms with van der Waals surface area (Å²) in [5, 5.41) is 1.46. The van der Waals surface area contributed by atoms with Gasteiger partial charge in [-0.15, -0.1) is 11.3 Å². The highest BCUT2D eigenvalue weighted by Crippen LogP contribution is 2.38. The second-order valence-electron chi connectivity index (χ2n) is 5.27. The molecule has 0 fully saturated rings. The number of hydrogen-bond acceptors (Lipinski definition) is 4. The highest BCUT2D eigenvalue weighted by atomic mass is 79.9. The van der Waals surface area contributed by atoms with E-state index in [1.165, 1.54) is 11.3 Å². The van der Waals surface area contributed by atoms with Crippen LogP contribution in [0.15, 0.2) is 62.1 Å². The van der Waals surface area contributed by atoms with Crippen LogP contribution in [-0.4, -0.2) is 11.9 Å². The van der Waals surface area contributed by atoms with Crippen molar-refractivity contribution in [3.63, 3.8) is 0 Å². The van der Waals surface area contributed by atoms with Crippen molar-refractivity contribution in [1.82, 2.24) is 0 Å². The third kappa shape index (κ3) is 3.31. The summed E-state index contributed by atoms with van der Waals surface area (Å²) in [4.78, 5) is 17.1. The maximum atomic E-state index is 12.1. The Labute approximate surface area is 169 Å². The van der Waals surface area contributed by atoms with Crippen molar-refractivity contribution in [2.24, 2.45) is 4.99 Å². The molecule has 0 saturated carbocycles. The van der Waals surface area contributed by atoms with Gasteiger partial charge in [0.1, 0.15) is 4.88 Å². The molecule has 0 saturated heterocycles. The van der Waals surface area contributed by atoms with Gasteiger partial charge in [0.15, 0.2) is 5.70 Å². The summed E-state index contributed by atoms with van der Waals surface area (Å²) in [5.41, 5.74) is 1.12. The summed E-state index contributed by atoms with van der Waals surface area (Å²) in [6.45, 7) is 0. The second kappa shape index (κ2) is 6.68. The minimum atomic E-state index is -0.479. The van der Waals surface area contributed by atoms with E-state index in [-0.39, 0.29) is 11.6 Å². The fourth-order valence-corrected chi connectivity index (χ4v) is 4.65. The first-order chi connectivity index (χ1) is 12.0. The largest absolute Gasteiger partial charge is 0.401 e. The zero-order chi connectivity index (χ0) is 17.6. The van der Waals surface area contributed by atoms with Gasteiger partial charge in [-0.3, -0.25) is 0 Å². The molecule has 25 heavy (non-hydrogen) atoms. The van der Waals surface area contributed by atoms with E-state index in [9.17, 15) is 4.79 Å². The number of benzene rings is 2. The van der Waals surface area contributed by atoms with E-state index in [1.807, 2.05) is 42.5 Å². The van der Waals surface area contributed by atoms with Crippen LogP contribution in [0.3, 0.4) is 0 Å². The number of cyclic esters (lactones) is 1. The molecule has 2 aromatic carbocycles. The fraction of sp³-hybridized carbons (Fsp3) is 0. The highest BCUT2D eigenvalue weighted by molar-refractivity contribution is 9.10. The van der Waals surface area contributed by atoms with E-state index in [2.05, 4.69) is 36.9 Å². The number of carbonyl (C=O) groups is 1. The lowest BCUT2D eigenvalue weighted by atomic mass is 10.2. The molecule has 2 heterocycles. The number of nitrogens with zero attached hydrogens (tertiary/aromatic N) is 1. The van der Waals surface area contributed by atoms with Crippen LogP contribution in [0.4, 0.5) is 0 Å². The molecule has 124 valence electrons. The third-order valence-electron chi connectivity index (χ3n) is 3.58. The molecular formula is C18H8Br2ClNO2S. The van der Waals surface area contributed by atoms with Crippen molar-refractivity contribution in [3.05, 3.63) is 72.6 Å². The first kappa shape index (κ1) is 17.0. The molecule has 0 amide bonds. The number of hydrogen-bond donors (Lipinski definition) is 0. The molecule has 0 atom stereocenters. The van der Waals surface area contributed by atoms with Crippen LogP contribution in [0.5, 0.6) is 0 Å². The van der Waals surface area contributed by atoms with Crippen molar-refractivity contribution in [2.45, 2.75) is 0 Å². The van der Waals surface area contributed by atoms with Crippen molar-refractivity contribution in [3.8, 4) is 0 Å². The lowest BCUT2D eigenvalue weighted by Gasteiger charge is -1.95. The Balaban J connectivity index is 1.75. The normalized spacial score (nSPS) is 15.7. The Kier molecular flexibility index (Phi) is 4.54. The predicted molar refractivity (Wildman–Crippen MR) is 109 cm³/mol. The Morgan fingerprint density at radius 2 is 1.80 bits per heavy atom. The molecule has 1 aliphatic rings. The van der Waals surface area contributed by atoms with Crippen molar-refractivity contribution in [1.29, 1.82) is 0 Å². The van der Waals surface area contributed by atoms with Gasteiger partial charge in [0.05, 0.1) is 5.02 Å². The Morgan fingerprint density at radius 3 is 2.56 bits per heavy atom. The Morgan fingerprint density at radius 1 is 1.08 bits per heavy atom. The number of carbonyl (C=O) groups excluding carboxylic acids is 1.